The third-order valence-corrected chi connectivity index (χ3v) is 2.77. The summed E-state index contributed by atoms with van der Waals surface area (Å²) in [5, 5.41) is 2.79. The fourth-order valence-corrected chi connectivity index (χ4v) is 1.80. The molecule has 22 heavy (non-hydrogen) atoms. The van der Waals surface area contributed by atoms with Gasteiger partial charge in [0.1, 0.15) is 0 Å². The average molecular weight is 310 g/mol. The molecule has 0 saturated carbocycles. The summed E-state index contributed by atoms with van der Waals surface area (Å²) >= 11 is 0. The number of hydrogen-bond donors (Lipinski definition) is 1. The molecule has 0 aliphatic heterocycles. The highest BCUT2D eigenvalue weighted by Crippen LogP contribution is 2.15. The van der Waals surface area contributed by atoms with Crippen molar-refractivity contribution < 1.29 is 18.7 Å². The minimum atomic E-state index is -0.524. The van der Waals surface area contributed by atoms with E-state index in [1.807, 2.05) is 20.8 Å². The molecule has 0 radical (unpaired) electrons. The molecule has 0 atom stereocenters. The van der Waals surface area contributed by atoms with Gasteiger partial charge >= 0.3 is 0 Å². The number of amides is 2. The summed E-state index contributed by atoms with van der Waals surface area (Å²) in [5.74, 6) is -1.11. The SMILES string of the molecule is CCN(CC(=O)NC(C)(C)C)C(=O)COc1ccccc1F. The van der Waals surface area contributed by atoms with Crippen LogP contribution in [-0.2, 0) is 9.59 Å². The van der Waals surface area contributed by atoms with Gasteiger partial charge in [-0.05, 0) is 39.8 Å². The Morgan fingerprint density at radius 3 is 2.45 bits per heavy atom. The van der Waals surface area contributed by atoms with Crippen LogP contribution in [0.15, 0.2) is 24.3 Å². The molecule has 2 amide bonds. The van der Waals surface area contributed by atoms with Gasteiger partial charge in [-0.15, -0.1) is 0 Å². The van der Waals surface area contributed by atoms with Crippen LogP contribution in [0, 0.1) is 5.82 Å². The Kier molecular flexibility index (Phi) is 6.34. The van der Waals surface area contributed by atoms with Gasteiger partial charge in [0.05, 0.1) is 6.54 Å². The van der Waals surface area contributed by atoms with E-state index in [0.29, 0.717) is 6.54 Å². The summed E-state index contributed by atoms with van der Waals surface area (Å²) in [5.41, 5.74) is -0.358. The summed E-state index contributed by atoms with van der Waals surface area (Å²) in [7, 11) is 0. The van der Waals surface area contributed by atoms with Crippen LogP contribution in [0.4, 0.5) is 4.39 Å². The molecular weight excluding hydrogens is 287 g/mol. The van der Waals surface area contributed by atoms with Crippen LogP contribution < -0.4 is 10.1 Å². The Hall–Kier alpha value is -2.11. The molecule has 0 unspecified atom stereocenters. The Balaban J connectivity index is 2.54. The van der Waals surface area contributed by atoms with Crippen molar-refractivity contribution in [2.45, 2.75) is 33.2 Å². The first-order chi connectivity index (χ1) is 10.2. The zero-order chi connectivity index (χ0) is 16.8. The summed E-state index contributed by atoms with van der Waals surface area (Å²) in [6.45, 7) is 7.38. The van der Waals surface area contributed by atoms with Crippen molar-refractivity contribution >= 4 is 11.8 Å². The predicted octanol–water partition coefficient (Wildman–Crippen LogP) is 1.97. The minimum absolute atomic E-state index is 0.0195. The van der Waals surface area contributed by atoms with Crippen molar-refractivity contribution in [2.75, 3.05) is 19.7 Å². The molecule has 5 nitrogen and oxygen atoms in total. The molecule has 0 bridgehead atoms. The van der Waals surface area contributed by atoms with Crippen LogP contribution in [0.1, 0.15) is 27.7 Å². The third kappa shape index (κ3) is 6.11. The Bertz CT molecular complexity index is 526. The Labute approximate surface area is 130 Å². The molecule has 0 aliphatic rings. The summed E-state index contributed by atoms with van der Waals surface area (Å²) in [6, 6.07) is 5.87. The highest BCUT2D eigenvalue weighted by atomic mass is 19.1. The number of benzene rings is 1. The Morgan fingerprint density at radius 1 is 1.27 bits per heavy atom. The molecule has 1 rings (SSSR count). The standard InChI is InChI=1S/C16H23FN2O3/c1-5-19(10-14(20)18-16(2,3)4)15(21)11-22-13-9-7-6-8-12(13)17/h6-9H,5,10-11H2,1-4H3,(H,18,20). The van der Waals surface area contributed by atoms with Crippen LogP contribution in [0.5, 0.6) is 5.75 Å². The molecule has 6 heteroatoms. The van der Waals surface area contributed by atoms with Gasteiger partial charge in [0.15, 0.2) is 18.2 Å². The predicted molar refractivity (Wildman–Crippen MR) is 82.0 cm³/mol. The molecule has 0 fully saturated rings. The largest absolute Gasteiger partial charge is 0.481 e. The molecule has 1 N–H and O–H groups in total. The van der Waals surface area contributed by atoms with Crippen molar-refractivity contribution in [3.05, 3.63) is 30.1 Å². The first-order valence-electron chi connectivity index (χ1n) is 7.19. The van der Waals surface area contributed by atoms with Gasteiger partial charge < -0.3 is 15.0 Å². The molecule has 0 heterocycles. The number of carbonyl (C=O) groups is 2. The number of para-hydroxylation sites is 1. The second-order valence-corrected chi connectivity index (χ2v) is 5.93. The summed E-state index contributed by atoms with van der Waals surface area (Å²) < 4.78 is 18.6. The van der Waals surface area contributed by atoms with E-state index < -0.39 is 5.82 Å². The van der Waals surface area contributed by atoms with Gasteiger partial charge in [0, 0.05) is 12.1 Å². The molecule has 0 aromatic heterocycles. The van der Waals surface area contributed by atoms with Gasteiger partial charge in [0.25, 0.3) is 5.91 Å². The van der Waals surface area contributed by atoms with Crippen LogP contribution >= 0.6 is 0 Å². The average Bonchev–Trinajstić information content (AvgIpc) is 2.41. The van der Waals surface area contributed by atoms with Crippen LogP contribution in [0.25, 0.3) is 0 Å². The minimum Gasteiger partial charge on any atom is -0.481 e. The Morgan fingerprint density at radius 2 is 1.91 bits per heavy atom. The topological polar surface area (TPSA) is 58.6 Å². The monoisotopic (exact) mass is 310 g/mol. The number of ether oxygens (including phenoxy) is 1. The molecule has 122 valence electrons. The van der Waals surface area contributed by atoms with E-state index in [1.54, 1.807) is 19.1 Å². The first-order valence-corrected chi connectivity index (χ1v) is 7.19. The molecule has 0 spiro atoms. The highest BCUT2D eigenvalue weighted by Gasteiger charge is 2.20. The van der Waals surface area contributed by atoms with Gasteiger partial charge in [-0.1, -0.05) is 12.1 Å². The van der Waals surface area contributed by atoms with Gasteiger partial charge in [-0.25, -0.2) is 4.39 Å². The number of nitrogens with zero attached hydrogens (tertiary/aromatic N) is 1. The van der Waals surface area contributed by atoms with E-state index in [2.05, 4.69) is 5.32 Å². The lowest BCUT2D eigenvalue weighted by Crippen LogP contribution is -2.48. The van der Waals surface area contributed by atoms with E-state index >= 15 is 0 Å². The zero-order valence-corrected chi connectivity index (χ0v) is 13.5. The van der Waals surface area contributed by atoms with E-state index in [0.717, 1.165) is 0 Å². The second-order valence-electron chi connectivity index (χ2n) is 5.93. The van der Waals surface area contributed by atoms with E-state index in [-0.39, 0.29) is 36.3 Å². The normalized spacial score (nSPS) is 11.0. The van der Waals surface area contributed by atoms with Gasteiger partial charge in [-0.3, -0.25) is 9.59 Å². The molecule has 1 aromatic carbocycles. The van der Waals surface area contributed by atoms with Gasteiger partial charge in [-0.2, -0.15) is 0 Å². The number of carbonyl (C=O) groups excluding carboxylic acids is 2. The van der Waals surface area contributed by atoms with Crippen molar-refractivity contribution in [2.24, 2.45) is 0 Å². The fourth-order valence-electron chi connectivity index (χ4n) is 1.80. The number of likely N-dealkylation sites (N-methyl/N-ethyl adjacent to an activating group) is 1. The smallest absolute Gasteiger partial charge is 0.260 e. The lowest BCUT2D eigenvalue weighted by atomic mass is 10.1. The maximum atomic E-state index is 13.4. The van der Waals surface area contributed by atoms with Crippen LogP contribution in [-0.4, -0.2) is 41.9 Å². The highest BCUT2D eigenvalue weighted by molar-refractivity contribution is 5.85. The number of nitrogens with one attached hydrogen (secondary N) is 1. The second kappa shape index (κ2) is 7.77. The summed E-state index contributed by atoms with van der Waals surface area (Å²) in [6.07, 6.45) is 0. The van der Waals surface area contributed by atoms with Crippen molar-refractivity contribution in [1.29, 1.82) is 0 Å². The van der Waals surface area contributed by atoms with E-state index in [1.165, 1.54) is 17.0 Å². The number of halogens is 1. The lowest BCUT2D eigenvalue weighted by molar-refractivity contribution is -0.138. The quantitative estimate of drug-likeness (QED) is 0.874. The van der Waals surface area contributed by atoms with Crippen LogP contribution in [0.2, 0.25) is 0 Å². The fraction of sp³-hybridized carbons (Fsp3) is 0.500. The zero-order valence-electron chi connectivity index (χ0n) is 13.5. The van der Waals surface area contributed by atoms with Crippen molar-refractivity contribution in [3.63, 3.8) is 0 Å². The molecular formula is C16H23FN2O3. The van der Waals surface area contributed by atoms with E-state index in [4.69, 9.17) is 4.74 Å². The molecule has 0 saturated heterocycles. The molecule has 0 aliphatic carbocycles. The van der Waals surface area contributed by atoms with Crippen LogP contribution in [0.3, 0.4) is 0 Å². The first kappa shape index (κ1) is 17.9. The number of rotatable bonds is 6. The van der Waals surface area contributed by atoms with Gasteiger partial charge in [0.2, 0.25) is 5.91 Å². The summed E-state index contributed by atoms with van der Waals surface area (Å²) in [4.78, 5) is 25.3. The van der Waals surface area contributed by atoms with Crippen molar-refractivity contribution in [3.8, 4) is 5.75 Å². The van der Waals surface area contributed by atoms with Crippen molar-refractivity contribution in [1.82, 2.24) is 10.2 Å². The maximum absolute atomic E-state index is 13.4. The molecule has 1 aromatic rings. The number of hydrogen-bond acceptors (Lipinski definition) is 3. The maximum Gasteiger partial charge on any atom is 0.260 e. The lowest BCUT2D eigenvalue weighted by Gasteiger charge is -2.25. The third-order valence-electron chi connectivity index (χ3n) is 2.77. The van der Waals surface area contributed by atoms with E-state index in [9.17, 15) is 14.0 Å².